The van der Waals surface area contributed by atoms with Crippen molar-refractivity contribution in [1.82, 2.24) is 0 Å². The van der Waals surface area contributed by atoms with E-state index in [1.54, 1.807) is 21.6 Å². The average molecular weight is 325 g/mol. The van der Waals surface area contributed by atoms with E-state index >= 15 is 0 Å². The maximum absolute atomic E-state index is 11.5. The number of carbonyl (C=O) groups excluding carboxylic acids is 1. The lowest BCUT2D eigenvalue weighted by atomic mass is 10.1. The summed E-state index contributed by atoms with van der Waals surface area (Å²) in [4.78, 5) is 15.2. The van der Waals surface area contributed by atoms with Crippen molar-refractivity contribution in [3.63, 3.8) is 0 Å². The quantitative estimate of drug-likeness (QED) is 0.316. The molecule has 1 N–H and O–H groups in total. The van der Waals surface area contributed by atoms with Gasteiger partial charge in [-0.05, 0) is 43.5 Å². The van der Waals surface area contributed by atoms with Gasteiger partial charge in [-0.3, -0.25) is 4.79 Å². The van der Waals surface area contributed by atoms with Gasteiger partial charge in [0.1, 0.15) is 5.78 Å². The van der Waals surface area contributed by atoms with Crippen LogP contribution in [0, 0.1) is 0 Å². The van der Waals surface area contributed by atoms with E-state index in [1.807, 2.05) is 24.3 Å². The molecule has 1 aromatic carbocycles. The second-order valence-corrected chi connectivity index (χ2v) is 8.07. The predicted octanol–water partition coefficient (Wildman–Crippen LogP) is 4.36. The highest BCUT2D eigenvalue weighted by Gasteiger charge is 2.20. The summed E-state index contributed by atoms with van der Waals surface area (Å²) in [5.74, 6) is -0.0289. The molecule has 0 amide bonds. The zero-order valence-electron chi connectivity index (χ0n) is 12.2. The third kappa shape index (κ3) is 7.43. The van der Waals surface area contributed by atoms with Crippen molar-refractivity contribution >= 4 is 27.4 Å². The molecule has 0 atom stereocenters. The fourth-order valence-corrected chi connectivity index (χ4v) is 3.79. The minimum atomic E-state index is -0.0625. The maximum atomic E-state index is 11.5. The minimum Gasteiger partial charge on any atom is -0.392 e. The van der Waals surface area contributed by atoms with Crippen molar-refractivity contribution < 1.29 is 9.90 Å². The van der Waals surface area contributed by atoms with Gasteiger partial charge in [-0.15, -0.1) is 0 Å². The molecule has 1 aromatic rings. The molecule has 0 aliphatic carbocycles. The number of aliphatic hydroxyl groups excluding tert-OH is 1. The Morgan fingerprint density at radius 1 is 1.38 bits per heavy atom. The summed E-state index contributed by atoms with van der Waals surface area (Å²) in [5, 5.41) is 12.3. The third-order valence-corrected chi connectivity index (χ3v) is 6.17. The van der Waals surface area contributed by atoms with Gasteiger partial charge in [0, 0.05) is 21.0 Å². The van der Waals surface area contributed by atoms with Crippen LogP contribution < -0.4 is 0 Å². The molecule has 114 valence electrons. The molecule has 0 spiro atoms. The molecule has 0 fully saturated rings. The van der Waals surface area contributed by atoms with Gasteiger partial charge in [-0.2, -0.15) is 0 Å². The van der Waals surface area contributed by atoms with Gasteiger partial charge in [-0.1, -0.05) is 38.8 Å². The van der Waals surface area contributed by atoms with E-state index in [1.165, 1.54) is 0 Å². The zero-order chi connectivity index (χ0) is 15.7. The lowest BCUT2D eigenvalue weighted by Crippen LogP contribution is -2.16. The fourth-order valence-electron chi connectivity index (χ4n) is 1.48. The van der Waals surface area contributed by atoms with E-state index in [4.69, 9.17) is 10.6 Å². The SMILES string of the molecule is CC(C)(CCC(=O)CN=[N+]=[N-])SSc1ccc(CO)cc1. The molecular weight excluding hydrogens is 306 g/mol. The molecule has 0 aromatic heterocycles. The van der Waals surface area contributed by atoms with Gasteiger partial charge >= 0.3 is 0 Å². The first-order valence-electron chi connectivity index (χ1n) is 6.55. The minimum absolute atomic E-state index is 0.0289. The maximum Gasteiger partial charge on any atom is 0.138 e. The molecule has 0 radical (unpaired) electrons. The van der Waals surface area contributed by atoms with Crippen LogP contribution in [-0.4, -0.2) is 22.2 Å². The highest BCUT2D eigenvalue weighted by atomic mass is 33.1. The number of aliphatic hydroxyl groups is 1. The lowest BCUT2D eigenvalue weighted by Gasteiger charge is -2.22. The summed E-state index contributed by atoms with van der Waals surface area (Å²) >= 11 is 0. The van der Waals surface area contributed by atoms with Gasteiger partial charge in [-0.25, -0.2) is 0 Å². The van der Waals surface area contributed by atoms with Crippen molar-refractivity contribution in [1.29, 1.82) is 0 Å². The number of benzene rings is 1. The number of carbonyl (C=O) groups is 1. The van der Waals surface area contributed by atoms with Gasteiger partial charge < -0.3 is 5.11 Å². The molecule has 0 heterocycles. The highest BCUT2D eigenvalue weighted by Crippen LogP contribution is 2.43. The molecule has 5 nitrogen and oxygen atoms in total. The Morgan fingerprint density at radius 2 is 2.05 bits per heavy atom. The third-order valence-electron chi connectivity index (χ3n) is 2.79. The number of rotatable bonds is 9. The zero-order valence-corrected chi connectivity index (χ0v) is 13.8. The predicted molar refractivity (Wildman–Crippen MR) is 88.1 cm³/mol. The summed E-state index contributed by atoms with van der Waals surface area (Å²) in [6.45, 7) is 4.17. The fraction of sp³-hybridized carbons (Fsp3) is 0.500. The molecule has 1 rings (SSSR count). The molecule has 21 heavy (non-hydrogen) atoms. The lowest BCUT2D eigenvalue weighted by molar-refractivity contribution is -0.117. The Morgan fingerprint density at radius 3 is 2.62 bits per heavy atom. The van der Waals surface area contributed by atoms with Crippen molar-refractivity contribution in [2.75, 3.05) is 6.54 Å². The standard InChI is InChI=1S/C14H19N3O2S2/c1-14(2,8-7-12(19)9-16-17-15)21-20-13-5-3-11(10-18)4-6-13/h3-6,18H,7-10H2,1-2H3. The van der Waals surface area contributed by atoms with Crippen LogP contribution in [0.4, 0.5) is 0 Å². The van der Waals surface area contributed by atoms with E-state index in [2.05, 4.69) is 23.9 Å². The van der Waals surface area contributed by atoms with Crippen LogP contribution in [0.3, 0.4) is 0 Å². The number of azide groups is 1. The Balaban J connectivity index is 2.40. The smallest absolute Gasteiger partial charge is 0.138 e. The number of hydrogen-bond acceptors (Lipinski definition) is 5. The summed E-state index contributed by atoms with van der Waals surface area (Å²) in [6, 6.07) is 7.76. The first-order valence-corrected chi connectivity index (χ1v) is 8.70. The molecule has 7 heteroatoms. The van der Waals surface area contributed by atoms with E-state index in [9.17, 15) is 4.79 Å². The molecule has 0 bridgehead atoms. The Labute approximate surface area is 132 Å². The first-order chi connectivity index (χ1) is 9.96. The molecule has 0 aliphatic heterocycles. The second-order valence-electron chi connectivity index (χ2n) is 5.16. The van der Waals surface area contributed by atoms with Crippen LogP contribution in [0.2, 0.25) is 0 Å². The van der Waals surface area contributed by atoms with E-state index in [0.29, 0.717) is 6.42 Å². The van der Waals surface area contributed by atoms with Crippen LogP contribution in [0.15, 0.2) is 34.3 Å². The normalized spacial score (nSPS) is 11.0. The van der Waals surface area contributed by atoms with Crippen molar-refractivity contribution in [2.24, 2.45) is 5.11 Å². The summed E-state index contributed by atoms with van der Waals surface area (Å²) in [6.07, 6.45) is 1.15. The number of ketones is 1. The van der Waals surface area contributed by atoms with Crippen LogP contribution in [-0.2, 0) is 11.4 Å². The topological polar surface area (TPSA) is 86.1 Å². The van der Waals surface area contributed by atoms with Gasteiger partial charge in [0.2, 0.25) is 0 Å². The van der Waals surface area contributed by atoms with E-state index in [-0.39, 0.29) is 23.7 Å². The molecule has 0 unspecified atom stereocenters. The Hall–Kier alpha value is -1.14. The van der Waals surface area contributed by atoms with Gasteiger partial charge in [0.25, 0.3) is 0 Å². The molecule has 0 saturated heterocycles. The largest absolute Gasteiger partial charge is 0.392 e. The van der Waals surface area contributed by atoms with Crippen LogP contribution in [0.5, 0.6) is 0 Å². The second kappa shape index (κ2) is 9.00. The molecule has 0 aliphatic rings. The summed E-state index contributed by atoms with van der Waals surface area (Å²) < 4.78 is -0.0493. The van der Waals surface area contributed by atoms with Crippen molar-refractivity contribution in [3.8, 4) is 0 Å². The van der Waals surface area contributed by atoms with Crippen LogP contribution in [0.1, 0.15) is 32.3 Å². The summed E-state index contributed by atoms with van der Waals surface area (Å²) in [7, 11) is 3.37. The number of nitrogens with zero attached hydrogens (tertiary/aromatic N) is 3. The number of Topliss-reactive ketones (excluding diaryl/α,β-unsaturated/α-hetero) is 1. The average Bonchev–Trinajstić information content (AvgIpc) is 2.49. The Bertz CT molecular complexity index is 511. The summed E-state index contributed by atoms with van der Waals surface area (Å²) in [5.41, 5.74) is 9.07. The first kappa shape index (κ1) is 17.9. The molecule has 0 saturated carbocycles. The molecular formula is C14H19N3O2S2. The van der Waals surface area contributed by atoms with Crippen LogP contribution >= 0.6 is 21.6 Å². The number of hydrogen-bond donors (Lipinski definition) is 1. The van der Waals surface area contributed by atoms with Crippen LogP contribution in [0.25, 0.3) is 10.4 Å². The van der Waals surface area contributed by atoms with Crippen molar-refractivity contribution in [3.05, 3.63) is 40.3 Å². The van der Waals surface area contributed by atoms with E-state index < -0.39 is 0 Å². The highest BCUT2D eigenvalue weighted by molar-refractivity contribution is 8.77. The monoisotopic (exact) mass is 325 g/mol. The van der Waals surface area contributed by atoms with E-state index in [0.717, 1.165) is 16.9 Å². The van der Waals surface area contributed by atoms with Crippen molar-refractivity contribution in [2.45, 2.75) is 42.9 Å². The Kier molecular flexibility index (Phi) is 7.67. The van der Waals surface area contributed by atoms with Gasteiger partial charge in [0.05, 0.1) is 13.2 Å². The van der Waals surface area contributed by atoms with Gasteiger partial charge in [0.15, 0.2) is 0 Å².